The standard InChI is InChI=1S/C15H10FNO3S/c1-20-8-3-2-4-9(5-8)21-13-7-12-10(6-11(13)16)14(18)15(19)17-12/h2-7H,1H3,(H,17,18,19). The SMILES string of the molecule is COc1cccc(Sc2cc3c(cc2F)C(=O)C(=O)N3)c1. The first kappa shape index (κ1) is 13.6. The number of methoxy groups -OCH3 is 1. The van der Waals surface area contributed by atoms with Gasteiger partial charge in [0.05, 0.1) is 23.3 Å². The Morgan fingerprint density at radius 2 is 2.00 bits per heavy atom. The summed E-state index contributed by atoms with van der Waals surface area (Å²) in [7, 11) is 1.56. The molecule has 0 atom stereocenters. The predicted molar refractivity (Wildman–Crippen MR) is 76.5 cm³/mol. The number of hydrogen-bond acceptors (Lipinski definition) is 4. The van der Waals surface area contributed by atoms with E-state index in [0.717, 1.165) is 11.0 Å². The first-order chi connectivity index (χ1) is 10.1. The van der Waals surface area contributed by atoms with Crippen LogP contribution in [0.5, 0.6) is 5.75 Å². The number of fused-ring (bicyclic) bond motifs is 1. The Hall–Kier alpha value is -2.34. The van der Waals surface area contributed by atoms with Crippen LogP contribution in [0.3, 0.4) is 0 Å². The monoisotopic (exact) mass is 303 g/mol. The number of nitrogens with one attached hydrogen (secondary N) is 1. The number of carbonyl (C=O) groups excluding carboxylic acids is 2. The summed E-state index contributed by atoms with van der Waals surface area (Å²) >= 11 is 1.19. The van der Waals surface area contributed by atoms with Gasteiger partial charge in [0.15, 0.2) is 0 Å². The molecule has 0 unspecified atom stereocenters. The Balaban J connectivity index is 1.95. The number of ether oxygens (including phenoxy) is 1. The van der Waals surface area contributed by atoms with E-state index in [1.165, 1.54) is 17.8 Å². The summed E-state index contributed by atoms with van der Waals surface area (Å²) in [5.74, 6) is -1.30. The van der Waals surface area contributed by atoms with Crippen LogP contribution in [0.2, 0.25) is 0 Å². The minimum atomic E-state index is -0.729. The number of benzene rings is 2. The fourth-order valence-corrected chi connectivity index (χ4v) is 2.92. The third-order valence-corrected chi connectivity index (χ3v) is 4.06. The molecule has 0 radical (unpaired) electrons. The van der Waals surface area contributed by atoms with Gasteiger partial charge < -0.3 is 10.1 Å². The van der Waals surface area contributed by atoms with Crippen molar-refractivity contribution in [2.75, 3.05) is 12.4 Å². The van der Waals surface area contributed by atoms with Gasteiger partial charge >= 0.3 is 0 Å². The van der Waals surface area contributed by atoms with E-state index in [-0.39, 0.29) is 5.56 Å². The second kappa shape index (κ2) is 5.21. The van der Waals surface area contributed by atoms with Crippen LogP contribution in [0.1, 0.15) is 10.4 Å². The highest BCUT2D eigenvalue weighted by atomic mass is 32.2. The van der Waals surface area contributed by atoms with Gasteiger partial charge in [-0.05, 0) is 30.3 Å². The maximum Gasteiger partial charge on any atom is 0.296 e. The minimum absolute atomic E-state index is 0.0764. The second-order valence-electron chi connectivity index (χ2n) is 4.39. The van der Waals surface area contributed by atoms with Crippen molar-refractivity contribution >= 4 is 29.1 Å². The lowest BCUT2D eigenvalue weighted by molar-refractivity contribution is -0.112. The lowest BCUT2D eigenvalue weighted by Crippen LogP contribution is -2.12. The quantitative estimate of drug-likeness (QED) is 0.885. The zero-order chi connectivity index (χ0) is 15.0. The average Bonchev–Trinajstić information content (AvgIpc) is 2.75. The van der Waals surface area contributed by atoms with E-state index in [4.69, 9.17) is 4.74 Å². The van der Waals surface area contributed by atoms with Gasteiger partial charge in [0, 0.05) is 4.90 Å². The predicted octanol–water partition coefficient (Wildman–Crippen LogP) is 3.12. The number of halogens is 1. The van der Waals surface area contributed by atoms with E-state index in [1.54, 1.807) is 25.3 Å². The number of Topliss-reactive ketones (excluding diaryl/α,β-unsaturated/α-hetero) is 1. The molecule has 106 valence electrons. The van der Waals surface area contributed by atoms with E-state index in [2.05, 4.69) is 5.32 Å². The summed E-state index contributed by atoms with van der Waals surface area (Å²) in [4.78, 5) is 23.9. The van der Waals surface area contributed by atoms with Crippen molar-refractivity contribution in [1.82, 2.24) is 0 Å². The third-order valence-electron chi connectivity index (χ3n) is 3.04. The summed E-state index contributed by atoms with van der Waals surface area (Å²) in [5, 5.41) is 2.43. The fraction of sp³-hybridized carbons (Fsp3) is 0.0667. The Labute approximate surface area is 124 Å². The van der Waals surface area contributed by atoms with Crippen LogP contribution in [0.4, 0.5) is 10.1 Å². The topological polar surface area (TPSA) is 55.4 Å². The zero-order valence-electron chi connectivity index (χ0n) is 11.0. The highest BCUT2D eigenvalue weighted by Crippen LogP contribution is 2.36. The minimum Gasteiger partial charge on any atom is -0.497 e. The molecule has 0 saturated carbocycles. The maximum absolute atomic E-state index is 14.1. The van der Waals surface area contributed by atoms with Crippen molar-refractivity contribution in [3.05, 3.63) is 47.8 Å². The second-order valence-corrected chi connectivity index (χ2v) is 5.51. The molecule has 0 spiro atoms. The largest absolute Gasteiger partial charge is 0.497 e. The summed E-state index contributed by atoms with van der Waals surface area (Å²) < 4.78 is 19.2. The molecule has 1 aliphatic heterocycles. The van der Waals surface area contributed by atoms with Crippen molar-refractivity contribution in [2.45, 2.75) is 9.79 Å². The molecule has 2 aromatic rings. The zero-order valence-corrected chi connectivity index (χ0v) is 11.8. The number of carbonyl (C=O) groups is 2. The van der Waals surface area contributed by atoms with E-state index in [1.807, 2.05) is 6.07 Å². The molecule has 0 fully saturated rings. The van der Waals surface area contributed by atoms with Crippen molar-refractivity contribution < 1.29 is 18.7 Å². The molecule has 3 rings (SSSR count). The van der Waals surface area contributed by atoms with Gasteiger partial charge in [-0.15, -0.1) is 0 Å². The third kappa shape index (κ3) is 2.50. The normalized spacial score (nSPS) is 13.0. The number of hydrogen-bond donors (Lipinski definition) is 1. The lowest BCUT2D eigenvalue weighted by Gasteiger charge is -2.07. The molecule has 1 heterocycles. The Morgan fingerprint density at radius 1 is 1.19 bits per heavy atom. The van der Waals surface area contributed by atoms with E-state index in [0.29, 0.717) is 16.3 Å². The first-order valence-electron chi connectivity index (χ1n) is 6.09. The van der Waals surface area contributed by atoms with Gasteiger partial charge in [0.25, 0.3) is 11.7 Å². The van der Waals surface area contributed by atoms with Gasteiger partial charge in [-0.25, -0.2) is 4.39 Å². The molecule has 0 bridgehead atoms. The van der Waals surface area contributed by atoms with Gasteiger partial charge in [-0.1, -0.05) is 17.8 Å². The van der Waals surface area contributed by atoms with E-state index < -0.39 is 17.5 Å². The summed E-state index contributed by atoms with van der Waals surface area (Å²) in [6.45, 7) is 0. The Bertz CT molecular complexity index is 761. The number of ketones is 1. The maximum atomic E-state index is 14.1. The smallest absolute Gasteiger partial charge is 0.296 e. The molecule has 1 aliphatic rings. The van der Waals surface area contributed by atoms with Gasteiger partial charge in [0.1, 0.15) is 11.6 Å². The van der Waals surface area contributed by atoms with Crippen molar-refractivity contribution in [3.8, 4) is 5.75 Å². The fourth-order valence-electron chi connectivity index (χ4n) is 2.02. The van der Waals surface area contributed by atoms with Crippen LogP contribution in [0, 0.1) is 5.82 Å². The number of amides is 1. The van der Waals surface area contributed by atoms with Crippen molar-refractivity contribution in [1.29, 1.82) is 0 Å². The van der Waals surface area contributed by atoms with Crippen molar-refractivity contribution in [2.24, 2.45) is 0 Å². The van der Waals surface area contributed by atoms with Crippen LogP contribution in [0.15, 0.2) is 46.2 Å². The van der Waals surface area contributed by atoms with Crippen LogP contribution < -0.4 is 10.1 Å². The highest BCUT2D eigenvalue weighted by molar-refractivity contribution is 7.99. The Kier molecular flexibility index (Phi) is 3.39. The molecule has 2 aromatic carbocycles. The molecular weight excluding hydrogens is 293 g/mol. The van der Waals surface area contributed by atoms with Crippen LogP contribution in [-0.4, -0.2) is 18.8 Å². The van der Waals surface area contributed by atoms with E-state index in [9.17, 15) is 14.0 Å². The Morgan fingerprint density at radius 3 is 2.76 bits per heavy atom. The molecule has 0 aliphatic carbocycles. The van der Waals surface area contributed by atoms with Crippen LogP contribution in [-0.2, 0) is 4.79 Å². The van der Waals surface area contributed by atoms with Crippen molar-refractivity contribution in [3.63, 3.8) is 0 Å². The van der Waals surface area contributed by atoms with Crippen LogP contribution in [0.25, 0.3) is 0 Å². The summed E-state index contributed by atoms with van der Waals surface area (Å²) in [5.41, 5.74) is 0.421. The first-order valence-corrected chi connectivity index (χ1v) is 6.91. The van der Waals surface area contributed by atoms with Crippen LogP contribution >= 0.6 is 11.8 Å². The van der Waals surface area contributed by atoms with Gasteiger partial charge in [-0.3, -0.25) is 9.59 Å². The number of anilines is 1. The molecule has 1 N–H and O–H groups in total. The average molecular weight is 303 g/mol. The molecule has 6 heteroatoms. The van der Waals surface area contributed by atoms with Gasteiger partial charge in [0.2, 0.25) is 0 Å². The van der Waals surface area contributed by atoms with E-state index >= 15 is 0 Å². The van der Waals surface area contributed by atoms with Gasteiger partial charge in [-0.2, -0.15) is 0 Å². The molecule has 0 aromatic heterocycles. The molecule has 1 amide bonds. The molecule has 21 heavy (non-hydrogen) atoms. The lowest BCUT2D eigenvalue weighted by atomic mass is 10.1. The highest BCUT2D eigenvalue weighted by Gasteiger charge is 2.29. The summed E-state index contributed by atoms with van der Waals surface area (Å²) in [6.07, 6.45) is 0. The summed E-state index contributed by atoms with van der Waals surface area (Å²) in [6, 6.07) is 9.76. The molecule has 4 nitrogen and oxygen atoms in total. The molecular formula is C15H10FNO3S. The molecule has 0 saturated heterocycles. The number of rotatable bonds is 3.